The van der Waals surface area contributed by atoms with Gasteiger partial charge in [0.15, 0.2) is 11.5 Å². The van der Waals surface area contributed by atoms with E-state index < -0.39 is 0 Å². The summed E-state index contributed by atoms with van der Waals surface area (Å²) in [6.07, 6.45) is 0. The second kappa shape index (κ2) is 9.46. The van der Waals surface area contributed by atoms with Crippen LogP contribution in [0.5, 0.6) is 11.5 Å². The minimum absolute atomic E-state index is 0.0729. The maximum Gasteiger partial charge on any atom is 0.317 e. The van der Waals surface area contributed by atoms with Crippen LogP contribution in [0.2, 0.25) is 0 Å². The number of ether oxygens (including phenoxy) is 2. The van der Waals surface area contributed by atoms with Crippen molar-refractivity contribution in [2.45, 2.75) is 33.5 Å². The van der Waals surface area contributed by atoms with Crippen molar-refractivity contribution in [1.29, 1.82) is 0 Å². The van der Waals surface area contributed by atoms with Gasteiger partial charge >= 0.3 is 6.03 Å². The van der Waals surface area contributed by atoms with Gasteiger partial charge in [0.1, 0.15) is 0 Å². The smallest absolute Gasteiger partial charge is 0.317 e. The third-order valence-electron chi connectivity index (χ3n) is 4.91. The quantitative estimate of drug-likeness (QED) is 0.757. The van der Waals surface area contributed by atoms with Crippen LogP contribution in [-0.2, 0) is 19.6 Å². The number of benzene rings is 2. The minimum atomic E-state index is -0.0729. The number of rotatable bonds is 8. The summed E-state index contributed by atoms with van der Waals surface area (Å²) in [5, 5.41) is 3.03. The predicted octanol–water partition coefficient (Wildman–Crippen LogP) is 3.60. The van der Waals surface area contributed by atoms with E-state index >= 15 is 0 Å². The average Bonchev–Trinajstić information content (AvgIpc) is 3.18. The highest BCUT2D eigenvalue weighted by molar-refractivity contribution is 5.74. The summed E-state index contributed by atoms with van der Waals surface area (Å²) in [6.45, 7) is 7.96. The first kappa shape index (κ1) is 20.0. The van der Waals surface area contributed by atoms with Crippen molar-refractivity contribution < 1.29 is 14.3 Å². The molecule has 6 nitrogen and oxygen atoms in total. The lowest BCUT2D eigenvalue weighted by Gasteiger charge is -2.22. The number of hydrogen-bond donors (Lipinski definition) is 1. The van der Waals surface area contributed by atoms with Crippen LogP contribution < -0.4 is 14.8 Å². The molecule has 2 aromatic rings. The molecule has 0 unspecified atom stereocenters. The Hall–Kier alpha value is -2.73. The molecule has 0 fully saturated rings. The predicted molar refractivity (Wildman–Crippen MR) is 109 cm³/mol. The van der Waals surface area contributed by atoms with Gasteiger partial charge in [0, 0.05) is 26.2 Å². The number of nitrogens with one attached hydrogen (secondary N) is 1. The number of fused-ring (bicyclic) bond motifs is 1. The Kier molecular flexibility index (Phi) is 6.76. The lowest BCUT2D eigenvalue weighted by Crippen LogP contribution is -2.39. The van der Waals surface area contributed by atoms with Crippen LogP contribution in [0, 0.1) is 0 Å². The van der Waals surface area contributed by atoms with Crippen LogP contribution in [0.1, 0.15) is 30.5 Å². The second-order valence-corrected chi connectivity index (χ2v) is 7.01. The maximum absolute atomic E-state index is 12.6. The fraction of sp³-hybridized carbons (Fsp3) is 0.409. The zero-order chi connectivity index (χ0) is 19.9. The third-order valence-corrected chi connectivity index (χ3v) is 4.91. The van der Waals surface area contributed by atoms with E-state index in [0.29, 0.717) is 19.6 Å². The zero-order valence-electron chi connectivity index (χ0n) is 16.9. The third kappa shape index (κ3) is 5.16. The van der Waals surface area contributed by atoms with Gasteiger partial charge in [-0.2, -0.15) is 0 Å². The van der Waals surface area contributed by atoms with Gasteiger partial charge in [0.2, 0.25) is 6.79 Å². The first-order chi connectivity index (χ1) is 13.6. The first-order valence-corrected chi connectivity index (χ1v) is 9.76. The number of carbonyl (C=O) groups is 1. The number of hydrogen-bond acceptors (Lipinski definition) is 4. The van der Waals surface area contributed by atoms with Crippen molar-refractivity contribution in [3.8, 4) is 11.5 Å². The van der Waals surface area contributed by atoms with Crippen molar-refractivity contribution in [2.75, 3.05) is 26.9 Å². The van der Waals surface area contributed by atoms with Crippen molar-refractivity contribution in [1.82, 2.24) is 15.1 Å². The molecule has 0 bridgehead atoms. The number of nitrogens with zero attached hydrogens (tertiary/aromatic N) is 2. The van der Waals surface area contributed by atoms with Gasteiger partial charge in [-0.1, -0.05) is 37.3 Å². The molecule has 1 aliphatic rings. The van der Waals surface area contributed by atoms with Crippen LogP contribution in [0.25, 0.3) is 0 Å². The molecular formula is C22H29N3O3. The highest BCUT2D eigenvalue weighted by Gasteiger charge is 2.16. The van der Waals surface area contributed by atoms with E-state index in [4.69, 9.17) is 9.47 Å². The molecule has 0 atom stereocenters. The number of carbonyl (C=O) groups excluding carboxylic acids is 1. The Bertz CT molecular complexity index is 809. The van der Waals surface area contributed by atoms with Crippen LogP contribution in [0.4, 0.5) is 4.79 Å². The van der Waals surface area contributed by atoms with Crippen LogP contribution in [0.15, 0.2) is 42.5 Å². The lowest BCUT2D eigenvalue weighted by molar-refractivity contribution is 0.173. The molecule has 0 aliphatic carbocycles. The molecule has 150 valence electrons. The van der Waals surface area contributed by atoms with Gasteiger partial charge in [-0.15, -0.1) is 0 Å². The van der Waals surface area contributed by atoms with Gasteiger partial charge in [0.05, 0.1) is 0 Å². The van der Waals surface area contributed by atoms with E-state index in [-0.39, 0.29) is 12.8 Å². The number of urea groups is 1. The lowest BCUT2D eigenvalue weighted by atomic mass is 10.1. The minimum Gasteiger partial charge on any atom is -0.454 e. The standard InChI is InChI=1S/C22H29N3O3/c1-4-24(3)14-18-8-6-7-17(11-18)13-23-22(26)25(5-2)15-19-9-10-20-21(12-19)28-16-27-20/h6-12H,4-5,13-16H2,1-3H3,(H,23,26). The van der Waals surface area contributed by atoms with Gasteiger partial charge in [-0.3, -0.25) is 0 Å². The maximum atomic E-state index is 12.6. The molecule has 0 saturated heterocycles. The summed E-state index contributed by atoms with van der Waals surface area (Å²) >= 11 is 0. The highest BCUT2D eigenvalue weighted by Crippen LogP contribution is 2.32. The molecule has 0 saturated carbocycles. The Morgan fingerprint density at radius 1 is 0.964 bits per heavy atom. The van der Waals surface area contributed by atoms with E-state index in [1.165, 1.54) is 5.56 Å². The summed E-state index contributed by atoms with van der Waals surface area (Å²) in [5.74, 6) is 1.49. The van der Waals surface area contributed by atoms with Crippen molar-refractivity contribution in [3.05, 3.63) is 59.2 Å². The second-order valence-electron chi connectivity index (χ2n) is 7.01. The van der Waals surface area contributed by atoms with Crippen molar-refractivity contribution in [3.63, 3.8) is 0 Å². The van der Waals surface area contributed by atoms with Crippen molar-refractivity contribution in [2.24, 2.45) is 0 Å². The summed E-state index contributed by atoms with van der Waals surface area (Å²) in [4.78, 5) is 16.7. The summed E-state index contributed by atoms with van der Waals surface area (Å²) < 4.78 is 10.8. The molecule has 1 heterocycles. The molecule has 2 aromatic carbocycles. The summed E-state index contributed by atoms with van der Waals surface area (Å²) in [6, 6.07) is 14.1. The van der Waals surface area contributed by atoms with E-state index in [1.54, 1.807) is 4.90 Å². The Morgan fingerprint density at radius 2 is 1.71 bits per heavy atom. The highest BCUT2D eigenvalue weighted by atomic mass is 16.7. The largest absolute Gasteiger partial charge is 0.454 e. The van der Waals surface area contributed by atoms with E-state index in [1.807, 2.05) is 37.3 Å². The van der Waals surface area contributed by atoms with Crippen LogP contribution in [-0.4, -0.2) is 42.8 Å². The van der Waals surface area contributed by atoms with E-state index in [0.717, 1.165) is 35.7 Å². The monoisotopic (exact) mass is 383 g/mol. The van der Waals surface area contributed by atoms with Gasteiger partial charge < -0.3 is 24.6 Å². The Labute approximate surface area is 167 Å². The summed E-state index contributed by atoms with van der Waals surface area (Å²) in [5.41, 5.74) is 3.38. The van der Waals surface area contributed by atoms with Crippen LogP contribution in [0.3, 0.4) is 0 Å². The average molecular weight is 383 g/mol. The van der Waals surface area contributed by atoms with Gasteiger partial charge in [-0.05, 0) is 49.3 Å². The topological polar surface area (TPSA) is 54.0 Å². The van der Waals surface area contributed by atoms with Crippen molar-refractivity contribution >= 4 is 6.03 Å². The van der Waals surface area contributed by atoms with E-state index in [2.05, 4.69) is 36.3 Å². The molecule has 0 radical (unpaired) electrons. The molecule has 6 heteroatoms. The molecule has 0 spiro atoms. The summed E-state index contributed by atoms with van der Waals surface area (Å²) in [7, 11) is 2.10. The fourth-order valence-corrected chi connectivity index (χ4v) is 3.14. The fourth-order valence-electron chi connectivity index (χ4n) is 3.14. The molecule has 0 aromatic heterocycles. The first-order valence-electron chi connectivity index (χ1n) is 9.76. The molecule has 1 N–H and O–H groups in total. The molecule has 3 rings (SSSR count). The number of amides is 2. The van der Waals surface area contributed by atoms with E-state index in [9.17, 15) is 4.79 Å². The molecular weight excluding hydrogens is 354 g/mol. The van der Waals surface area contributed by atoms with Gasteiger partial charge in [-0.25, -0.2) is 4.79 Å². The Balaban J connectivity index is 1.56. The molecule has 2 amide bonds. The zero-order valence-corrected chi connectivity index (χ0v) is 16.9. The van der Waals surface area contributed by atoms with Crippen LogP contribution >= 0.6 is 0 Å². The normalized spacial score (nSPS) is 12.3. The molecule has 28 heavy (non-hydrogen) atoms. The van der Waals surface area contributed by atoms with Gasteiger partial charge in [0.25, 0.3) is 0 Å². The molecule has 1 aliphatic heterocycles. The Morgan fingerprint density at radius 3 is 2.50 bits per heavy atom. The SMILES string of the molecule is CCN(C)Cc1cccc(CNC(=O)N(CC)Cc2ccc3c(c2)OCO3)c1.